The summed E-state index contributed by atoms with van der Waals surface area (Å²) < 4.78 is 1.11. The number of hydrazine groups is 1. The summed E-state index contributed by atoms with van der Waals surface area (Å²) in [5.41, 5.74) is 4.84. The maximum atomic E-state index is 5.71. The van der Waals surface area contributed by atoms with Crippen molar-refractivity contribution >= 4 is 38.2 Å². The summed E-state index contributed by atoms with van der Waals surface area (Å²) >= 11 is 5.20. The van der Waals surface area contributed by atoms with Crippen molar-refractivity contribution in [2.24, 2.45) is 5.84 Å². The van der Waals surface area contributed by atoms with Gasteiger partial charge in [0.15, 0.2) is 0 Å². The zero-order valence-corrected chi connectivity index (χ0v) is 13.1. The van der Waals surface area contributed by atoms with E-state index in [0.717, 1.165) is 27.5 Å². The minimum absolute atomic E-state index is 0.0187. The molecule has 5 heteroatoms. The first kappa shape index (κ1) is 13.7. The van der Waals surface area contributed by atoms with Gasteiger partial charge in [-0.3, -0.25) is 16.3 Å². The summed E-state index contributed by atoms with van der Waals surface area (Å²) in [7, 11) is 0. The number of hydrogen-bond acceptors (Lipinski definition) is 4. The largest absolute Gasteiger partial charge is 0.271 e. The molecule has 1 atom stereocenters. The maximum Gasteiger partial charge on any atom is 0.0706 e. The van der Waals surface area contributed by atoms with Crippen molar-refractivity contribution in [2.45, 2.75) is 12.5 Å². The molecular weight excluding hydrogens is 334 g/mol. The van der Waals surface area contributed by atoms with Gasteiger partial charge in [-0.25, -0.2) is 0 Å². The predicted molar refractivity (Wildman–Crippen MR) is 87.5 cm³/mol. The topological polar surface area (TPSA) is 50.9 Å². The summed E-state index contributed by atoms with van der Waals surface area (Å²) in [6.45, 7) is 0. The van der Waals surface area contributed by atoms with Crippen LogP contribution in [0, 0.1) is 0 Å². The van der Waals surface area contributed by atoms with Crippen LogP contribution >= 0.6 is 27.3 Å². The third kappa shape index (κ3) is 2.91. The van der Waals surface area contributed by atoms with Crippen LogP contribution in [0.2, 0.25) is 0 Å². The molecule has 0 aliphatic heterocycles. The summed E-state index contributed by atoms with van der Waals surface area (Å²) in [5.74, 6) is 5.71. The Balaban J connectivity index is 1.90. The van der Waals surface area contributed by atoms with Crippen LogP contribution in [0.3, 0.4) is 0 Å². The second-order valence-electron chi connectivity index (χ2n) is 4.58. The molecule has 0 radical (unpaired) electrons. The van der Waals surface area contributed by atoms with E-state index in [1.54, 1.807) is 11.3 Å². The van der Waals surface area contributed by atoms with Gasteiger partial charge in [-0.05, 0) is 34.1 Å². The van der Waals surface area contributed by atoms with Gasteiger partial charge >= 0.3 is 0 Å². The first-order valence-electron chi connectivity index (χ1n) is 6.31. The number of nitrogens with zero attached hydrogens (tertiary/aromatic N) is 1. The van der Waals surface area contributed by atoms with Crippen molar-refractivity contribution in [2.75, 3.05) is 0 Å². The number of nitrogens with one attached hydrogen (secondary N) is 1. The van der Waals surface area contributed by atoms with Crippen LogP contribution in [-0.4, -0.2) is 4.98 Å². The van der Waals surface area contributed by atoms with Gasteiger partial charge in [-0.1, -0.05) is 24.3 Å². The van der Waals surface area contributed by atoms with Gasteiger partial charge in [-0.15, -0.1) is 11.3 Å². The van der Waals surface area contributed by atoms with Gasteiger partial charge in [0, 0.05) is 26.5 Å². The third-order valence-electron chi connectivity index (χ3n) is 3.21. The summed E-state index contributed by atoms with van der Waals surface area (Å²) in [4.78, 5) is 5.97. The maximum absolute atomic E-state index is 5.71. The van der Waals surface area contributed by atoms with Gasteiger partial charge in [0.2, 0.25) is 0 Å². The van der Waals surface area contributed by atoms with Crippen LogP contribution in [0.25, 0.3) is 10.9 Å². The second kappa shape index (κ2) is 6.01. The molecule has 0 amide bonds. The molecule has 0 saturated carbocycles. The number of aromatic nitrogens is 1. The highest BCUT2D eigenvalue weighted by atomic mass is 79.9. The van der Waals surface area contributed by atoms with Crippen molar-refractivity contribution in [1.82, 2.24) is 10.4 Å². The molecule has 0 fully saturated rings. The van der Waals surface area contributed by atoms with E-state index in [1.165, 1.54) is 4.88 Å². The van der Waals surface area contributed by atoms with E-state index in [4.69, 9.17) is 10.8 Å². The smallest absolute Gasteiger partial charge is 0.0706 e. The molecule has 2 heterocycles. The molecule has 3 rings (SSSR count). The SMILES string of the molecule is NNC(Cc1cc(Br)cs1)c1ccc2ccccc2n1. The van der Waals surface area contributed by atoms with E-state index >= 15 is 0 Å². The lowest BCUT2D eigenvalue weighted by molar-refractivity contribution is 0.543. The van der Waals surface area contributed by atoms with E-state index in [1.807, 2.05) is 24.3 Å². The number of pyridine rings is 1. The van der Waals surface area contributed by atoms with Crippen LogP contribution in [0.15, 0.2) is 52.3 Å². The number of fused-ring (bicyclic) bond motifs is 1. The standard InChI is InChI=1S/C15H14BrN3S/c16-11-7-12(20-9-11)8-15(19-17)14-6-5-10-3-1-2-4-13(10)18-14/h1-7,9,15,19H,8,17H2. The van der Waals surface area contributed by atoms with Crippen molar-refractivity contribution in [3.63, 3.8) is 0 Å². The Morgan fingerprint density at radius 1 is 1.25 bits per heavy atom. The van der Waals surface area contributed by atoms with Crippen molar-refractivity contribution in [3.05, 3.63) is 62.9 Å². The number of para-hydroxylation sites is 1. The molecule has 2 aromatic heterocycles. The minimum Gasteiger partial charge on any atom is -0.271 e. The monoisotopic (exact) mass is 347 g/mol. The van der Waals surface area contributed by atoms with E-state index in [0.29, 0.717) is 0 Å². The molecule has 0 aliphatic carbocycles. The highest BCUT2D eigenvalue weighted by Gasteiger charge is 2.13. The number of thiophene rings is 1. The van der Waals surface area contributed by atoms with E-state index in [9.17, 15) is 0 Å². The quantitative estimate of drug-likeness (QED) is 0.557. The van der Waals surface area contributed by atoms with Crippen molar-refractivity contribution in [1.29, 1.82) is 0 Å². The van der Waals surface area contributed by atoms with Crippen LogP contribution in [0.1, 0.15) is 16.6 Å². The molecule has 3 aromatic rings. The first-order valence-corrected chi connectivity index (χ1v) is 7.98. The molecule has 0 bridgehead atoms. The zero-order valence-electron chi connectivity index (χ0n) is 10.7. The zero-order chi connectivity index (χ0) is 13.9. The van der Waals surface area contributed by atoms with Gasteiger partial charge in [0.1, 0.15) is 0 Å². The fourth-order valence-corrected chi connectivity index (χ4v) is 3.68. The van der Waals surface area contributed by atoms with Crippen LogP contribution in [0.5, 0.6) is 0 Å². The highest BCUT2D eigenvalue weighted by molar-refractivity contribution is 9.10. The number of rotatable bonds is 4. The van der Waals surface area contributed by atoms with Gasteiger partial charge in [-0.2, -0.15) is 0 Å². The van der Waals surface area contributed by atoms with E-state index in [2.05, 4.69) is 44.9 Å². The van der Waals surface area contributed by atoms with Gasteiger partial charge in [0.25, 0.3) is 0 Å². The molecular formula is C15H14BrN3S. The van der Waals surface area contributed by atoms with Crippen LogP contribution < -0.4 is 11.3 Å². The van der Waals surface area contributed by atoms with Crippen LogP contribution in [-0.2, 0) is 6.42 Å². The third-order valence-corrected chi connectivity index (χ3v) is 4.93. The molecule has 1 unspecified atom stereocenters. The second-order valence-corrected chi connectivity index (χ2v) is 6.49. The predicted octanol–water partition coefficient (Wildman–Crippen LogP) is 3.81. The normalized spacial score (nSPS) is 12.7. The lowest BCUT2D eigenvalue weighted by atomic mass is 10.1. The number of halogens is 1. The molecule has 102 valence electrons. The lowest BCUT2D eigenvalue weighted by Crippen LogP contribution is -2.30. The average Bonchev–Trinajstić information content (AvgIpc) is 2.89. The van der Waals surface area contributed by atoms with E-state index < -0.39 is 0 Å². The molecule has 3 N–H and O–H groups in total. The molecule has 3 nitrogen and oxygen atoms in total. The van der Waals surface area contributed by atoms with E-state index in [-0.39, 0.29) is 6.04 Å². The summed E-state index contributed by atoms with van der Waals surface area (Å²) in [5, 5.41) is 3.22. The highest BCUT2D eigenvalue weighted by Crippen LogP contribution is 2.25. The van der Waals surface area contributed by atoms with Crippen LogP contribution in [0.4, 0.5) is 0 Å². The van der Waals surface area contributed by atoms with Crippen molar-refractivity contribution in [3.8, 4) is 0 Å². The fraction of sp³-hybridized carbons (Fsp3) is 0.133. The molecule has 0 aliphatic rings. The Bertz CT molecular complexity index is 726. The minimum atomic E-state index is 0.0187. The Morgan fingerprint density at radius 2 is 2.10 bits per heavy atom. The Morgan fingerprint density at radius 3 is 2.85 bits per heavy atom. The lowest BCUT2D eigenvalue weighted by Gasteiger charge is -2.15. The molecule has 0 saturated heterocycles. The van der Waals surface area contributed by atoms with Gasteiger partial charge in [0.05, 0.1) is 17.3 Å². The summed E-state index contributed by atoms with van der Waals surface area (Å²) in [6, 6.07) is 14.4. The Kier molecular flexibility index (Phi) is 4.12. The fourth-order valence-electron chi connectivity index (χ4n) is 2.19. The van der Waals surface area contributed by atoms with Gasteiger partial charge < -0.3 is 0 Å². The molecule has 20 heavy (non-hydrogen) atoms. The number of hydrogen-bond donors (Lipinski definition) is 2. The number of nitrogens with two attached hydrogens (primary N) is 1. The molecule has 0 spiro atoms. The average molecular weight is 348 g/mol. The number of benzene rings is 1. The van der Waals surface area contributed by atoms with Crippen molar-refractivity contribution < 1.29 is 0 Å². The first-order chi connectivity index (χ1) is 9.76. The molecule has 1 aromatic carbocycles. The Hall–Kier alpha value is -1.27. The Labute approximate surface area is 129 Å². The summed E-state index contributed by atoms with van der Waals surface area (Å²) in [6.07, 6.45) is 0.831.